The molecule has 1 fully saturated rings. The van der Waals surface area contributed by atoms with Gasteiger partial charge in [0.15, 0.2) is 5.65 Å². The van der Waals surface area contributed by atoms with E-state index in [0.717, 1.165) is 48.6 Å². The fraction of sp³-hybridized carbons (Fsp3) is 0.526. The van der Waals surface area contributed by atoms with Crippen LogP contribution in [0.3, 0.4) is 0 Å². The lowest BCUT2D eigenvalue weighted by molar-refractivity contribution is 0.451. The van der Waals surface area contributed by atoms with Gasteiger partial charge in [-0.25, -0.2) is 14.6 Å². The molecule has 0 amide bonds. The van der Waals surface area contributed by atoms with E-state index in [1.165, 1.54) is 6.42 Å². The van der Waals surface area contributed by atoms with Gasteiger partial charge in [-0.2, -0.15) is 10.2 Å². The number of aromatic nitrogens is 6. The molecule has 1 unspecified atom stereocenters. The molecule has 0 aromatic carbocycles. The van der Waals surface area contributed by atoms with Crippen LogP contribution in [0.2, 0.25) is 0 Å². The van der Waals surface area contributed by atoms with E-state index < -0.39 is 0 Å². The second-order valence-corrected chi connectivity index (χ2v) is 7.52. The van der Waals surface area contributed by atoms with E-state index in [9.17, 15) is 4.79 Å². The van der Waals surface area contributed by atoms with E-state index in [-0.39, 0.29) is 17.6 Å². The first-order valence-electron chi connectivity index (χ1n) is 9.77. The molecule has 148 valence electrons. The number of piperidine rings is 1. The number of nitrogens with one attached hydrogen (secondary N) is 1. The lowest BCUT2D eigenvalue weighted by Gasteiger charge is -2.37. The van der Waals surface area contributed by atoms with E-state index in [1.54, 1.807) is 28.0 Å². The smallest absolute Gasteiger partial charge is 0.267 e. The minimum Gasteiger partial charge on any atom is -0.367 e. The number of aryl methyl sites for hydroxylation is 1. The first-order chi connectivity index (χ1) is 13.5. The molecule has 9 heteroatoms. The van der Waals surface area contributed by atoms with Gasteiger partial charge in [0.05, 0.1) is 17.6 Å². The first-order valence-corrected chi connectivity index (χ1v) is 9.77. The molecule has 1 aliphatic rings. The quantitative estimate of drug-likeness (QED) is 0.721. The van der Waals surface area contributed by atoms with Crippen molar-refractivity contribution in [2.45, 2.75) is 45.2 Å². The van der Waals surface area contributed by atoms with E-state index in [4.69, 9.17) is 0 Å². The first kappa shape index (κ1) is 18.4. The highest BCUT2D eigenvalue weighted by Crippen LogP contribution is 2.24. The average molecular weight is 382 g/mol. The van der Waals surface area contributed by atoms with Crippen LogP contribution >= 0.6 is 0 Å². The van der Waals surface area contributed by atoms with Gasteiger partial charge in [0.2, 0.25) is 0 Å². The molecule has 3 aromatic heterocycles. The number of anilines is 2. The van der Waals surface area contributed by atoms with Crippen LogP contribution in [-0.2, 0) is 7.05 Å². The Hall–Kier alpha value is -2.97. The fourth-order valence-corrected chi connectivity index (χ4v) is 3.77. The SMILES string of the molecule is CC(C)n1nc(N2CCCCC2CNc2ncnc3c2cnn3C)ccc1=O. The summed E-state index contributed by atoms with van der Waals surface area (Å²) in [6.07, 6.45) is 6.72. The van der Waals surface area contributed by atoms with Crippen molar-refractivity contribution in [3.05, 3.63) is 35.0 Å². The van der Waals surface area contributed by atoms with Crippen LogP contribution < -0.4 is 15.8 Å². The molecule has 9 nitrogen and oxygen atoms in total. The van der Waals surface area contributed by atoms with Gasteiger partial charge in [0.25, 0.3) is 5.56 Å². The number of nitrogens with zero attached hydrogens (tertiary/aromatic N) is 7. The maximum Gasteiger partial charge on any atom is 0.267 e. The van der Waals surface area contributed by atoms with Gasteiger partial charge in [-0.3, -0.25) is 9.48 Å². The summed E-state index contributed by atoms with van der Waals surface area (Å²) < 4.78 is 3.30. The normalized spacial score (nSPS) is 17.4. The Morgan fingerprint density at radius 3 is 2.93 bits per heavy atom. The summed E-state index contributed by atoms with van der Waals surface area (Å²) in [5, 5.41) is 13.3. The Labute approximate surface area is 163 Å². The molecule has 28 heavy (non-hydrogen) atoms. The van der Waals surface area contributed by atoms with Crippen LogP contribution in [0.25, 0.3) is 11.0 Å². The van der Waals surface area contributed by atoms with Crippen molar-refractivity contribution in [2.24, 2.45) is 7.05 Å². The molecular weight excluding hydrogens is 356 g/mol. The summed E-state index contributed by atoms with van der Waals surface area (Å²) in [5.74, 6) is 1.65. The number of hydrogen-bond acceptors (Lipinski definition) is 7. The Balaban J connectivity index is 1.56. The molecule has 4 rings (SSSR count). The zero-order chi connectivity index (χ0) is 19.7. The topological polar surface area (TPSA) is 93.8 Å². The summed E-state index contributed by atoms with van der Waals surface area (Å²) in [7, 11) is 1.87. The van der Waals surface area contributed by atoms with Crippen molar-refractivity contribution < 1.29 is 0 Å². The Morgan fingerprint density at radius 2 is 2.11 bits per heavy atom. The maximum absolute atomic E-state index is 12.1. The molecule has 1 atom stereocenters. The summed E-state index contributed by atoms with van der Waals surface area (Å²) in [5.41, 5.74) is 0.745. The summed E-state index contributed by atoms with van der Waals surface area (Å²) >= 11 is 0. The molecule has 3 aromatic rings. The number of hydrogen-bond donors (Lipinski definition) is 1. The number of fused-ring (bicyclic) bond motifs is 1. The molecule has 1 N–H and O–H groups in total. The van der Waals surface area contributed by atoms with Gasteiger partial charge >= 0.3 is 0 Å². The van der Waals surface area contributed by atoms with Gasteiger partial charge in [0.1, 0.15) is 18.0 Å². The second kappa shape index (κ2) is 7.57. The van der Waals surface area contributed by atoms with E-state index >= 15 is 0 Å². The van der Waals surface area contributed by atoms with E-state index in [0.29, 0.717) is 0 Å². The third-order valence-electron chi connectivity index (χ3n) is 5.26. The fourth-order valence-electron chi connectivity index (χ4n) is 3.77. The molecule has 4 heterocycles. The Kier molecular flexibility index (Phi) is 4.97. The van der Waals surface area contributed by atoms with E-state index in [2.05, 4.69) is 30.4 Å². The van der Waals surface area contributed by atoms with Crippen LogP contribution in [0.15, 0.2) is 29.5 Å². The average Bonchev–Trinajstić information content (AvgIpc) is 3.08. The minimum atomic E-state index is -0.0645. The second-order valence-electron chi connectivity index (χ2n) is 7.52. The minimum absolute atomic E-state index is 0.0358. The monoisotopic (exact) mass is 382 g/mol. The van der Waals surface area contributed by atoms with Crippen LogP contribution in [0, 0.1) is 0 Å². The summed E-state index contributed by atoms with van der Waals surface area (Å²) in [6.45, 7) is 5.62. The summed E-state index contributed by atoms with van der Waals surface area (Å²) in [6, 6.07) is 3.77. The van der Waals surface area contributed by atoms with Crippen molar-refractivity contribution in [1.29, 1.82) is 0 Å². The van der Waals surface area contributed by atoms with Crippen molar-refractivity contribution >= 4 is 22.7 Å². The molecule has 1 saturated heterocycles. The number of rotatable bonds is 5. The Morgan fingerprint density at radius 1 is 1.25 bits per heavy atom. The van der Waals surface area contributed by atoms with E-state index in [1.807, 2.05) is 27.0 Å². The highest BCUT2D eigenvalue weighted by atomic mass is 16.1. The predicted octanol–water partition coefficient (Wildman–Crippen LogP) is 1.97. The van der Waals surface area contributed by atoms with Crippen molar-refractivity contribution in [3.63, 3.8) is 0 Å². The van der Waals surface area contributed by atoms with Gasteiger partial charge < -0.3 is 10.2 Å². The lowest BCUT2D eigenvalue weighted by atomic mass is 10.0. The highest BCUT2D eigenvalue weighted by Gasteiger charge is 2.24. The molecule has 0 bridgehead atoms. The molecule has 0 saturated carbocycles. The molecule has 0 aliphatic carbocycles. The van der Waals surface area contributed by atoms with Crippen molar-refractivity contribution in [2.75, 3.05) is 23.3 Å². The van der Waals surface area contributed by atoms with Crippen LogP contribution in [0.5, 0.6) is 0 Å². The third-order valence-corrected chi connectivity index (χ3v) is 5.26. The zero-order valence-corrected chi connectivity index (χ0v) is 16.5. The molecule has 1 aliphatic heterocycles. The predicted molar refractivity (Wildman–Crippen MR) is 109 cm³/mol. The van der Waals surface area contributed by atoms with Gasteiger partial charge in [-0.05, 0) is 39.2 Å². The van der Waals surface area contributed by atoms with Gasteiger partial charge in [-0.15, -0.1) is 0 Å². The third kappa shape index (κ3) is 3.44. The van der Waals surface area contributed by atoms with Crippen molar-refractivity contribution in [1.82, 2.24) is 29.5 Å². The van der Waals surface area contributed by atoms with Crippen LogP contribution in [0.4, 0.5) is 11.6 Å². The van der Waals surface area contributed by atoms with Gasteiger partial charge in [-0.1, -0.05) is 0 Å². The highest BCUT2D eigenvalue weighted by molar-refractivity contribution is 5.85. The van der Waals surface area contributed by atoms with Gasteiger partial charge in [0, 0.05) is 32.2 Å². The van der Waals surface area contributed by atoms with Crippen LogP contribution in [-0.4, -0.2) is 48.7 Å². The lowest BCUT2D eigenvalue weighted by Crippen LogP contribution is -2.45. The maximum atomic E-state index is 12.1. The van der Waals surface area contributed by atoms with Crippen molar-refractivity contribution in [3.8, 4) is 0 Å². The largest absolute Gasteiger partial charge is 0.367 e. The molecule has 0 spiro atoms. The zero-order valence-electron chi connectivity index (χ0n) is 16.5. The Bertz CT molecular complexity index is 1020. The molecule has 0 radical (unpaired) electrons. The molecular formula is C19H26N8O. The van der Waals surface area contributed by atoms with Crippen LogP contribution in [0.1, 0.15) is 39.2 Å². The summed E-state index contributed by atoms with van der Waals surface area (Å²) in [4.78, 5) is 23.0. The standard InChI is InChI=1S/C19H26N8O/c1-13(2)27-17(28)8-7-16(24-27)26-9-5-4-6-14(26)10-20-18-15-11-23-25(3)19(15)22-12-21-18/h7-8,11-14H,4-6,9-10H2,1-3H3,(H,20,21,22).